The molecule has 0 aliphatic heterocycles. The van der Waals surface area contributed by atoms with Crippen LogP contribution in [0.15, 0.2) is 59.1 Å². The molecule has 0 atom stereocenters. The highest BCUT2D eigenvalue weighted by atomic mass is 16.3. The lowest BCUT2D eigenvalue weighted by Gasteiger charge is -2.04. The Morgan fingerprint density at radius 2 is 1.85 bits per heavy atom. The van der Waals surface area contributed by atoms with Crippen molar-refractivity contribution in [3.05, 3.63) is 71.7 Å². The maximum atomic E-state index is 13.0. The molecule has 4 aromatic rings. The summed E-state index contributed by atoms with van der Waals surface area (Å²) in [5.74, 6) is 1.65. The molecule has 0 saturated heterocycles. The van der Waals surface area contributed by atoms with Gasteiger partial charge < -0.3 is 9.73 Å². The number of amides is 1. The van der Waals surface area contributed by atoms with Crippen LogP contribution in [0.4, 0.5) is 5.82 Å². The summed E-state index contributed by atoms with van der Waals surface area (Å²) in [6.45, 7) is 3.73. The molecule has 7 nitrogen and oxygen atoms in total. The van der Waals surface area contributed by atoms with Gasteiger partial charge in [0.25, 0.3) is 5.91 Å². The van der Waals surface area contributed by atoms with Gasteiger partial charge in [-0.05, 0) is 38.1 Å². The van der Waals surface area contributed by atoms with Crippen LogP contribution in [0.3, 0.4) is 0 Å². The van der Waals surface area contributed by atoms with Crippen molar-refractivity contribution in [1.82, 2.24) is 19.6 Å². The van der Waals surface area contributed by atoms with Crippen molar-refractivity contribution in [2.24, 2.45) is 7.05 Å². The Kier molecular flexibility index (Phi) is 4.12. The number of carbonyl (C=O) groups excluding carboxylic acids is 1. The summed E-state index contributed by atoms with van der Waals surface area (Å²) in [6, 6.07) is 15.1. The zero-order chi connectivity index (χ0) is 19.0. The third-order valence-corrected chi connectivity index (χ3v) is 4.20. The number of furan rings is 1. The predicted molar refractivity (Wildman–Crippen MR) is 102 cm³/mol. The first-order valence-corrected chi connectivity index (χ1v) is 8.55. The summed E-state index contributed by atoms with van der Waals surface area (Å²) in [5, 5.41) is 11.7. The van der Waals surface area contributed by atoms with E-state index in [-0.39, 0.29) is 5.91 Å². The van der Waals surface area contributed by atoms with Gasteiger partial charge in [0.15, 0.2) is 5.76 Å². The van der Waals surface area contributed by atoms with Crippen LogP contribution in [0.5, 0.6) is 0 Å². The van der Waals surface area contributed by atoms with E-state index >= 15 is 0 Å². The van der Waals surface area contributed by atoms with Crippen molar-refractivity contribution in [3.63, 3.8) is 0 Å². The summed E-state index contributed by atoms with van der Waals surface area (Å²) in [5.41, 5.74) is 2.60. The lowest BCUT2D eigenvalue weighted by atomic mass is 10.2. The van der Waals surface area contributed by atoms with Gasteiger partial charge >= 0.3 is 0 Å². The topological polar surface area (TPSA) is 77.9 Å². The van der Waals surface area contributed by atoms with Crippen LogP contribution in [-0.4, -0.2) is 25.5 Å². The number of anilines is 1. The maximum Gasteiger partial charge on any atom is 0.260 e. The summed E-state index contributed by atoms with van der Waals surface area (Å²) < 4.78 is 9.02. The third-order valence-electron chi connectivity index (χ3n) is 4.20. The number of nitrogens with zero attached hydrogens (tertiary/aromatic N) is 4. The number of para-hydroxylation sites is 1. The standard InChI is InChI=1S/C20H19N5O2/c1-13-11-18(24(3)22-13)21-20(26)16-12-25(15-7-5-4-6-8-15)23-19(16)17-10-9-14(2)27-17/h4-12H,1-3H3,(H,21,26). The molecule has 0 unspecified atom stereocenters. The molecule has 1 aromatic carbocycles. The smallest absolute Gasteiger partial charge is 0.260 e. The van der Waals surface area contributed by atoms with Crippen molar-refractivity contribution in [2.45, 2.75) is 13.8 Å². The fraction of sp³-hybridized carbons (Fsp3) is 0.150. The number of rotatable bonds is 4. The molecule has 3 aromatic heterocycles. The zero-order valence-corrected chi connectivity index (χ0v) is 15.3. The van der Waals surface area contributed by atoms with Gasteiger partial charge in [0.2, 0.25) is 0 Å². The fourth-order valence-electron chi connectivity index (χ4n) is 2.91. The second-order valence-electron chi connectivity index (χ2n) is 6.33. The Balaban J connectivity index is 1.76. The minimum atomic E-state index is -0.274. The summed E-state index contributed by atoms with van der Waals surface area (Å²) in [7, 11) is 1.78. The molecular weight excluding hydrogens is 342 g/mol. The number of hydrogen-bond donors (Lipinski definition) is 1. The molecule has 136 valence electrons. The monoisotopic (exact) mass is 361 g/mol. The minimum absolute atomic E-state index is 0.274. The molecule has 0 spiro atoms. The van der Waals surface area contributed by atoms with Crippen molar-refractivity contribution in [3.8, 4) is 17.1 Å². The summed E-state index contributed by atoms with van der Waals surface area (Å²) in [6.07, 6.45) is 1.71. The second kappa shape index (κ2) is 6.60. The van der Waals surface area contributed by atoms with Crippen molar-refractivity contribution in [1.29, 1.82) is 0 Å². The van der Waals surface area contributed by atoms with Crippen LogP contribution in [0.2, 0.25) is 0 Å². The van der Waals surface area contributed by atoms with Crippen LogP contribution >= 0.6 is 0 Å². The molecule has 0 fully saturated rings. The molecule has 3 heterocycles. The van der Waals surface area contributed by atoms with Gasteiger partial charge in [-0.15, -0.1) is 0 Å². The summed E-state index contributed by atoms with van der Waals surface area (Å²) >= 11 is 0. The number of benzene rings is 1. The van der Waals surface area contributed by atoms with Crippen LogP contribution < -0.4 is 5.32 Å². The van der Waals surface area contributed by atoms with E-state index in [1.165, 1.54) is 0 Å². The Hall–Kier alpha value is -3.61. The average molecular weight is 361 g/mol. The molecule has 4 rings (SSSR count). The molecular formula is C20H19N5O2. The molecule has 27 heavy (non-hydrogen) atoms. The predicted octanol–water partition coefficient (Wildman–Crippen LogP) is 3.73. The molecule has 1 amide bonds. The number of aromatic nitrogens is 4. The maximum absolute atomic E-state index is 13.0. The van der Waals surface area contributed by atoms with Crippen molar-refractivity contribution >= 4 is 11.7 Å². The molecule has 1 N–H and O–H groups in total. The Labute approximate surface area is 156 Å². The van der Waals surface area contributed by atoms with Crippen molar-refractivity contribution < 1.29 is 9.21 Å². The first kappa shape index (κ1) is 16.8. The highest BCUT2D eigenvalue weighted by molar-refractivity contribution is 6.07. The molecule has 0 radical (unpaired) electrons. The van der Waals surface area contributed by atoms with Gasteiger partial charge in [-0.3, -0.25) is 9.48 Å². The second-order valence-corrected chi connectivity index (χ2v) is 6.33. The van der Waals surface area contributed by atoms with E-state index in [0.29, 0.717) is 22.8 Å². The third kappa shape index (κ3) is 3.27. The van der Waals surface area contributed by atoms with Crippen LogP contribution in [0.1, 0.15) is 21.8 Å². The molecule has 0 aliphatic rings. The van der Waals surface area contributed by atoms with E-state index in [2.05, 4.69) is 15.5 Å². The number of carbonyl (C=O) groups is 1. The SMILES string of the molecule is Cc1cc(NC(=O)c2cn(-c3ccccc3)nc2-c2ccc(C)o2)n(C)n1. The first-order valence-electron chi connectivity index (χ1n) is 8.55. The molecule has 0 aliphatic carbocycles. The molecule has 0 bridgehead atoms. The number of nitrogens with one attached hydrogen (secondary N) is 1. The number of aryl methyl sites for hydroxylation is 3. The normalized spacial score (nSPS) is 10.9. The fourth-order valence-corrected chi connectivity index (χ4v) is 2.91. The van der Waals surface area contributed by atoms with Crippen LogP contribution in [-0.2, 0) is 7.05 Å². The molecule has 0 saturated carbocycles. The molecule has 7 heteroatoms. The lowest BCUT2D eigenvalue weighted by molar-refractivity contribution is 0.102. The Morgan fingerprint density at radius 3 is 2.48 bits per heavy atom. The summed E-state index contributed by atoms with van der Waals surface area (Å²) in [4.78, 5) is 13.0. The van der Waals surface area contributed by atoms with Crippen LogP contribution in [0, 0.1) is 13.8 Å². The Bertz CT molecular complexity index is 1100. The quantitative estimate of drug-likeness (QED) is 0.601. The van der Waals surface area contributed by atoms with E-state index in [0.717, 1.165) is 17.1 Å². The van der Waals surface area contributed by atoms with Gasteiger partial charge in [-0.2, -0.15) is 10.2 Å². The first-order chi connectivity index (χ1) is 13.0. The lowest BCUT2D eigenvalue weighted by Crippen LogP contribution is -2.14. The largest absolute Gasteiger partial charge is 0.460 e. The van der Waals surface area contributed by atoms with Gasteiger partial charge in [0.05, 0.1) is 16.9 Å². The van der Waals surface area contributed by atoms with Gasteiger partial charge in [-0.25, -0.2) is 4.68 Å². The van der Waals surface area contributed by atoms with E-state index in [1.54, 1.807) is 22.6 Å². The van der Waals surface area contributed by atoms with E-state index in [4.69, 9.17) is 4.42 Å². The highest BCUT2D eigenvalue weighted by Gasteiger charge is 2.22. The van der Waals surface area contributed by atoms with E-state index in [9.17, 15) is 4.79 Å². The number of hydrogen-bond acceptors (Lipinski definition) is 4. The Morgan fingerprint density at radius 1 is 1.07 bits per heavy atom. The van der Waals surface area contributed by atoms with Crippen molar-refractivity contribution in [2.75, 3.05) is 5.32 Å². The average Bonchev–Trinajstić information content (AvgIpc) is 3.34. The van der Waals surface area contributed by atoms with Gasteiger partial charge in [-0.1, -0.05) is 18.2 Å². The zero-order valence-electron chi connectivity index (χ0n) is 15.3. The van der Waals surface area contributed by atoms with Gasteiger partial charge in [0, 0.05) is 19.3 Å². The van der Waals surface area contributed by atoms with E-state index < -0.39 is 0 Å². The minimum Gasteiger partial charge on any atom is -0.460 e. The van der Waals surface area contributed by atoms with Crippen LogP contribution in [0.25, 0.3) is 17.1 Å². The highest BCUT2D eigenvalue weighted by Crippen LogP contribution is 2.26. The van der Waals surface area contributed by atoms with Gasteiger partial charge in [0.1, 0.15) is 17.3 Å². The van der Waals surface area contributed by atoms with E-state index in [1.807, 2.05) is 62.4 Å².